The molecule has 122 valence electrons. The maximum atomic E-state index is 11.8. The van der Waals surface area contributed by atoms with Crippen LogP contribution >= 0.6 is 15.9 Å². The molecular weight excluding hydrogens is 350 g/mol. The van der Waals surface area contributed by atoms with Crippen LogP contribution in [-0.2, 0) is 21.3 Å². The maximum absolute atomic E-state index is 11.8. The SMILES string of the molecule is Cc1ccc(CBr)cc1C[C@H](NC(=O)OC(C)(C)C)C(=O)O. The Bertz CT molecular complexity index is 552. The highest BCUT2D eigenvalue weighted by atomic mass is 79.9. The average Bonchev–Trinajstić information content (AvgIpc) is 2.38. The Balaban J connectivity index is 2.85. The van der Waals surface area contributed by atoms with Gasteiger partial charge in [-0.3, -0.25) is 0 Å². The van der Waals surface area contributed by atoms with Crippen LogP contribution in [0.1, 0.15) is 37.5 Å². The first kappa shape index (κ1) is 18.5. The summed E-state index contributed by atoms with van der Waals surface area (Å²) in [5, 5.41) is 12.4. The van der Waals surface area contributed by atoms with Crippen LogP contribution in [0.4, 0.5) is 4.79 Å². The van der Waals surface area contributed by atoms with Gasteiger partial charge >= 0.3 is 12.1 Å². The van der Waals surface area contributed by atoms with E-state index < -0.39 is 23.7 Å². The number of aryl methyl sites for hydroxylation is 1. The number of alkyl halides is 1. The number of nitrogens with one attached hydrogen (secondary N) is 1. The van der Waals surface area contributed by atoms with E-state index in [0.717, 1.165) is 16.7 Å². The monoisotopic (exact) mass is 371 g/mol. The Morgan fingerprint density at radius 1 is 1.36 bits per heavy atom. The minimum absolute atomic E-state index is 0.210. The number of alkyl carbamates (subject to hydrolysis) is 1. The lowest BCUT2D eigenvalue weighted by molar-refractivity contribution is -0.139. The van der Waals surface area contributed by atoms with E-state index in [2.05, 4.69) is 21.2 Å². The van der Waals surface area contributed by atoms with Crippen LogP contribution < -0.4 is 5.32 Å². The Morgan fingerprint density at radius 3 is 2.50 bits per heavy atom. The van der Waals surface area contributed by atoms with Gasteiger partial charge in [0.1, 0.15) is 11.6 Å². The van der Waals surface area contributed by atoms with E-state index in [0.29, 0.717) is 5.33 Å². The average molecular weight is 372 g/mol. The molecule has 0 saturated heterocycles. The summed E-state index contributed by atoms with van der Waals surface area (Å²) in [6.45, 7) is 7.10. The summed E-state index contributed by atoms with van der Waals surface area (Å²) in [6, 6.07) is 4.83. The molecule has 1 aromatic carbocycles. The number of hydrogen-bond donors (Lipinski definition) is 2. The zero-order valence-corrected chi connectivity index (χ0v) is 14.9. The Kier molecular flexibility index (Phi) is 6.41. The number of benzene rings is 1. The van der Waals surface area contributed by atoms with E-state index in [9.17, 15) is 14.7 Å². The summed E-state index contributed by atoms with van der Waals surface area (Å²) in [5.74, 6) is -1.09. The number of hydrogen-bond acceptors (Lipinski definition) is 3. The van der Waals surface area contributed by atoms with Crippen LogP contribution in [0.5, 0.6) is 0 Å². The number of halogens is 1. The number of carboxylic acids is 1. The largest absolute Gasteiger partial charge is 0.480 e. The summed E-state index contributed by atoms with van der Waals surface area (Å²) >= 11 is 3.38. The van der Waals surface area contributed by atoms with Gasteiger partial charge in [0, 0.05) is 11.8 Å². The van der Waals surface area contributed by atoms with E-state index in [4.69, 9.17) is 4.74 Å². The van der Waals surface area contributed by atoms with Crippen LogP contribution in [-0.4, -0.2) is 28.8 Å². The lowest BCUT2D eigenvalue weighted by Crippen LogP contribution is -2.44. The fraction of sp³-hybridized carbons (Fsp3) is 0.500. The number of carbonyl (C=O) groups excluding carboxylic acids is 1. The molecule has 5 nitrogen and oxygen atoms in total. The molecule has 0 saturated carbocycles. The molecule has 0 radical (unpaired) electrons. The van der Waals surface area contributed by atoms with E-state index in [1.165, 1.54) is 0 Å². The lowest BCUT2D eigenvalue weighted by Gasteiger charge is -2.22. The highest BCUT2D eigenvalue weighted by Gasteiger charge is 2.24. The van der Waals surface area contributed by atoms with Gasteiger partial charge in [-0.25, -0.2) is 9.59 Å². The topological polar surface area (TPSA) is 75.6 Å². The first-order chi connectivity index (χ1) is 10.1. The van der Waals surface area contributed by atoms with Gasteiger partial charge in [0.2, 0.25) is 0 Å². The molecule has 2 N–H and O–H groups in total. The summed E-state index contributed by atoms with van der Waals surface area (Å²) in [7, 11) is 0. The van der Waals surface area contributed by atoms with E-state index in [-0.39, 0.29) is 6.42 Å². The number of carboxylic acid groups (broad SMARTS) is 1. The highest BCUT2D eigenvalue weighted by Crippen LogP contribution is 2.16. The first-order valence-electron chi connectivity index (χ1n) is 6.99. The summed E-state index contributed by atoms with van der Waals surface area (Å²) in [5.41, 5.74) is 2.27. The van der Waals surface area contributed by atoms with Crippen molar-refractivity contribution in [2.24, 2.45) is 0 Å². The van der Waals surface area contributed by atoms with Crippen molar-refractivity contribution >= 4 is 28.0 Å². The highest BCUT2D eigenvalue weighted by molar-refractivity contribution is 9.08. The van der Waals surface area contributed by atoms with Crippen LogP contribution in [0.25, 0.3) is 0 Å². The second kappa shape index (κ2) is 7.63. The van der Waals surface area contributed by atoms with Crippen molar-refractivity contribution in [2.45, 2.75) is 51.1 Å². The van der Waals surface area contributed by atoms with Gasteiger partial charge in [-0.1, -0.05) is 34.1 Å². The number of amides is 1. The maximum Gasteiger partial charge on any atom is 0.408 e. The number of rotatable bonds is 5. The van der Waals surface area contributed by atoms with Crippen molar-refractivity contribution < 1.29 is 19.4 Å². The van der Waals surface area contributed by atoms with Gasteiger partial charge in [-0.15, -0.1) is 0 Å². The molecule has 0 fully saturated rings. The Labute approximate surface area is 139 Å². The van der Waals surface area contributed by atoms with Crippen LogP contribution in [0.15, 0.2) is 18.2 Å². The second-order valence-electron chi connectivity index (χ2n) is 6.14. The number of ether oxygens (including phenoxy) is 1. The third kappa shape index (κ3) is 6.05. The quantitative estimate of drug-likeness (QED) is 0.777. The molecule has 1 atom stereocenters. The van der Waals surface area contributed by atoms with E-state index >= 15 is 0 Å². The standard InChI is InChI=1S/C16H22BrNO4/c1-10-5-6-11(9-17)7-12(10)8-13(14(19)20)18-15(21)22-16(2,3)4/h5-7,13H,8-9H2,1-4H3,(H,18,21)(H,19,20)/t13-/m0/s1. The Morgan fingerprint density at radius 2 is 2.00 bits per heavy atom. The molecule has 0 aromatic heterocycles. The van der Waals surface area contributed by atoms with Gasteiger partial charge in [0.15, 0.2) is 0 Å². The molecule has 0 spiro atoms. The van der Waals surface area contributed by atoms with Crippen molar-refractivity contribution in [1.29, 1.82) is 0 Å². The zero-order valence-electron chi connectivity index (χ0n) is 13.3. The summed E-state index contributed by atoms with van der Waals surface area (Å²) < 4.78 is 5.11. The molecule has 1 rings (SSSR count). The first-order valence-corrected chi connectivity index (χ1v) is 8.11. The van der Waals surface area contributed by atoms with Crippen molar-refractivity contribution in [3.8, 4) is 0 Å². The molecule has 0 unspecified atom stereocenters. The predicted octanol–water partition coefficient (Wildman–Crippen LogP) is 3.41. The van der Waals surface area contributed by atoms with Gasteiger partial charge in [-0.05, 0) is 44.4 Å². The molecule has 0 heterocycles. The fourth-order valence-corrected chi connectivity index (χ4v) is 2.25. The normalized spacial score (nSPS) is 12.6. The molecule has 22 heavy (non-hydrogen) atoms. The van der Waals surface area contributed by atoms with Crippen molar-refractivity contribution in [1.82, 2.24) is 5.32 Å². The Hall–Kier alpha value is -1.56. The molecule has 0 bridgehead atoms. The van der Waals surface area contributed by atoms with E-state index in [1.807, 2.05) is 25.1 Å². The van der Waals surface area contributed by atoms with Gasteiger partial charge in [0.25, 0.3) is 0 Å². The zero-order chi connectivity index (χ0) is 16.9. The van der Waals surface area contributed by atoms with Crippen LogP contribution in [0.2, 0.25) is 0 Å². The van der Waals surface area contributed by atoms with Crippen LogP contribution in [0.3, 0.4) is 0 Å². The van der Waals surface area contributed by atoms with E-state index in [1.54, 1.807) is 20.8 Å². The third-order valence-electron chi connectivity index (χ3n) is 2.98. The molecule has 0 aliphatic carbocycles. The fourth-order valence-electron chi connectivity index (χ4n) is 1.90. The molecular formula is C16H22BrNO4. The second-order valence-corrected chi connectivity index (χ2v) is 6.70. The predicted molar refractivity (Wildman–Crippen MR) is 88.3 cm³/mol. The van der Waals surface area contributed by atoms with Crippen molar-refractivity contribution in [2.75, 3.05) is 0 Å². The van der Waals surface area contributed by atoms with Gasteiger partial charge in [0.05, 0.1) is 0 Å². The lowest BCUT2D eigenvalue weighted by atomic mass is 9.99. The third-order valence-corrected chi connectivity index (χ3v) is 3.63. The number of carbonyl (C=O) groups is 2. The smallest absolute Gasteiger partial charge is 0.408 e. The van der Waals surface area contributed by atoms with Gasteiger partial charge in [-0.2, -0.15) is 0 Å². The van der Waals surface area contributed by atoms with Crippen molar-refractivity contribution in [3.63, 3.8) is 0 Å². The molecule has 1 aromatic rings. The number of aliphatic carboxylic acids is 1. The molecule has 1 amide bonds. The molecule has 6 heteroatoms. The minimum atomic E-state index is -1.09. The molecule has 0 aliphatic heterocycles. The van der Waals surface area contributed by atoms with Crippen molar-refractivity contribution in [3.05, 3.63) is 34.9 Å². The van der Waals surface area contributed by atoms with Crippen LogP contribution in [0, 0.1) is 6.92 Å². The minimum Gasteiger partial charge on any atom is -0.480 e. The molecule has 0 aliphatic rings. The summed E-state index contributed by atoms with van der Waals surface area (Å²) in [4.78, 5) is 23.2. The summed E-state index contributed by atoms with van der Waals surface area (Å²) in [6.07, 6.45) is -0.518. The van der Waals surface area contributed by atoms with Gasteiger partial charge < -0.3 is 15.2 Å².